The molecule has 1 aliphatic rings. The van der Waals surface area contributed by atoms with Gasteiger partial charge in [-0.1, -0.05) is 25.0 Å². The number of thiophene rings is 4. The number of rotatable bonds is 6. The minimum absolute atomic E-state index is 0.291. The van der Waals surface area contributed by atoms with Gasteiger partial charge in [-0.3, -0.25) is 9.98 Å². The van der Waals surface area contributed by atoms with Crippen LogP contribution in [-0.2, 0) is 0 Å². The summed E-state index contributed by atoms with van der Waals surface area (Å²) in [6, 6.07) is 17.9. The maximum absolute atomic E-state index is 4.97. The van der Waals surface area contributed by atoms with E-state index in [4.69, 9.17) is 9.98 Å². The predicted molar refractivity (Wildman–Crippen MR) is 136 cm³/mol. The molecule has 2 atom stereocenters. The Morgan fingerprint density at radius 1 is 0.633 bits per heavy atom. The average molecular weight is 467 g/mol. The van der Waals surface area contributed by atoms with Gasteiger partial charge in [0.2, 0.25) is 0 Å². The van der Waals surface area contributed by atoms with Crippen LogP contribution in [0.4, 0.5) is 0 Å². The smallest absolute Gasteiger partial charge is 0.0723 e. The summed E-state index contributed by atoms with van der Waals surface area (Å²) in [6.07, 6.45) is 8.90. The fraction of sp³-hybridized carbons (Fsp3) is 0.250. The summed E-state index contributed by atoms with van der Waals surface area (Å²) in [7, 11) is 0. The zero-order valence-electron chi connectivity index (χ0n) is 16.4. The van der Waals surface area contributed by atoms with Crippen molar-refractivity contribution in [2.45, 2.75) is 37.8 Å². The maximum Gasteiger partial charge on any atom is 0.0723 e. The van der Waals surface area contributed by atoms with Gasteiger partial charge < -0.3 is 0 Å². The average Bonchev–Trinajstić information content (AvgIpc) is 3.57. The van der Waals surface area contributed by atoms with Gasteiger partial charge in [-0.15, -0.1) is 45.3 Å². The van der Waals surface area contributed by atoms with Crippen LogP contribution in [0.1, 0.15) is 35.4 Å². The van der Waals surface area contributed by atoms with E-state index in [9.17, 15) is 0 Å². The van der Waals surface area contributed by atoms with Crippen LogP contribution in [0.15, 0.2) is 69.3 Å². The van der Waals surface area contributed by atoms with Crippen LogP contribution >= 0.6 is 45.3 Å². The predicted octanol–water partition coefficient (Wildman–Crippen LogP) is 8.12. The Morgan fingerprint density at radius 3 is 1.57 bits per heavy atom. The maximum atomic E-state index is 4.97. The van der Waals surface area contributed by atoms with E-state index in [0.29, 0.717) is 12.1 Å². The van der Waals surface area contributed by atoms with E-state index in [1.807, 2.05) is 22.7 Å². The first-order chi connectivity index (χ1) is 14.8. The fourth-order valence-corrected chi connectivity index (χ4v) is 7.17. The first-order valence-corrected chi connectivity index (χ1v) is 13.6. The van der Waals surface area contributed by atoms with Crippen molar-refractivity contribution in [1.29, 1.82) is 0 Å². The van der Waals surface area contributed by atoms with Crippen LogP contribution in [0.25, 0.3) is 19.5 Å². The summed E-state index contributed by atoms with van der Waals surface area (Å²) in [4.78, 5) is 17.7. The standard InChI is InChI=1S/C24H22N2S4/c1-2-6-20(26-16-18-10-12-24(30-18)22-8-4-14-28-22)19(5-1)25-15-17-9-11-23(29-17)21-7-3-13-27-21/h3-4,7-16,19-20H,1-2,5-6H2. The molecule has 0 bridgehead atoms. The third-order valence-electron chi connectivity index (χ3n) is 5.26. The first kappa shape index (κ1) is 20.1. The summed E-state index contributed by atoms with van der Waals surface area (Å²) in [6.45, 7) is 0. The summed E-state index contributed by atoms with van der Waals surface area (Å²) in [5.74, 6) is 0. The lowest BCUT2D eigenvalue weighted by Gasteiger charge is -2.25. The van der Waals surface area contributed by atoms with E-state index in [1.165, 1.54) is 42.1 Å². The highest BCUT2D eigenvalue weighted by Crippen LogP contribution is 2.32. The van der Waals surface area contributed by atoms with Gasteiger partial charge in [0, 0.05) is 41.7 Å². The molecule has 152 valence electrons. The van der Waals surface area contributed by atoms with E-state index < -0.39 is 0 Å². The van der Waals surface area contributed by atoms with E-state index in [-0.39, 0.29) is 0 Å². The molecule has 1 saturated carbocycles. The molecule has 0 radical (unpaired) electrons. The van der Waals surface area contributed by atoms with Gasteiger partial charge in [0.15, 0.2) is 0 Å². The number of aliphatic imine (C=N–C) groups is 2. The molecule has 0 saturated heterocycles. The lowest BCUT2D eigenvalue weighted by molar-refractivity contribution is 0.390. The Kier molecular flexibility index (Phi) is 6.37. The number of hydrogen-bond donors (Lipinski definition) is 0. The molecule has 6 heteroatoms. The van der Waals surface area contributed by atoms with Gasteiger partial charge >= 0.3 is 0 Å². The largest absolute Gasteiger partial charge is 0.286 e. The van der Waals surface area contributed by atoms with Crippen LogP contribution < -0.4 is 0 Å². The molecular weight excluding hydrogens is 445 g/mol. The summed E-state index contributed by atoms with van der Waals surface area (Å²) in [5, 5.41) is 4.26. The SMILES string of the molecule is C(=NC1CCCCC1N=Cc1ccc(-c2cccs2)s1)c1ccc(-c2cccs2)s1. The minimum atomic E-state index is 0.291. The van der Waals surface area contributed by atoms with Crippen molar-refractivity contribution in [3.8, 4) is 19.5 Å². The molecule has 1 aliphatic carbocycles. The molecule has 5 rings (SSSR count). The molecule has 0 amide bonds. The van der Waals surface area contributed by atoms with Gasteiger partial charge in [0.1, 0.15) is 0 Å². The van der Waals surface area contributed by atoms with Crippen LogP contribution in [0, 0.1) is 0 Å². The Hall–Kier alpha value is -1.86. The zero-order chi connectivity index (χ0) is 20.2. The second-order valence-corrected chi connectivity index (χ2v) is 11.5. The highest BCUT2D eigenvalue weighted by Gasteiger charge is 2.23. The highest BCUT2D eigenvalue weighted by atomic mass is 32.1. The normalized spacial score (nSPS) is 19.9. The van der Waals surface area contributed by atoms with E-state index in [1.54, 1.807) is 22.7 Å². The monoisotopic (exact) mass is 466 g/mol. The fourth-order valence-electron chi connectivity index (χ4n) is 3.72. The van der Waals surface area contributed by atoms with Gasteiger partial charge in [-0.05, 0) is 60.0 Å². The van der Waals surface area contributed by atoms with Crippen LogP contribution in [0.5, 0.6) is 0 Å². The van der Waals surface area contributed by atoms with Crippen molar-refractivity contribution in [3.63, 3.8) is 0 Å². The molecule has 1 fully saturated rings. The van der Waals surface area contributed by atoms with Gasteiger partial charge in [0.25, 0.3) is 0 Å². The van der Waals surface area contributed by atoms with Crippen molar-refractivity contribution in [2.24, 2.45) is 9.98 Å². The molecule has 30 heavy (non-hydrogen) atoms. The topological polar surface area (TPSA) is 24.7 Å². The van der Waals surface area contributed by atoms with Crippen LogP contribution in [0.3, 0.4) is 0 Å². The van der Waals surface area contributed by atoms with Crippen LogP contribution in [0.2, 0.25) is 0 Å². The molecular formula is C24H22N2S4. The first-order valence-electron chi connectivity index (χ1n) is 10.2. The second-order valence-electron chi connectivity index (χ2n) is 7.33. The van der Waals surface area contributed by atoms with Crippen molar-refractivity contribution in [1.82, 2.24) is 0 Å². The Morgan fingerprint density at radius 2 is 1.13 bits per heavy atom. The van der Waals surface area contributed by atoms with E-state index in [2.05, 4.69) is 71.7 Å². The summed E-state index contributed by atoms with van der Waals surface area (Å²) < 4.78 is 0. The quantitative estimate of drug-likeness (QED) is 0.256. The molecule has 0 aliphatic heterocycles. The second kappa shape index (κ2) is 9.52. The van der Waals surface area contributed by atoms with Crippen molar-refractivity contribution in [3.05, 3.63) is 69.0 Å². The lowest BCUT2D eigenvalue weighted by Crippen LogP contribution is -2.27. The molecule has 2 unspecified atom stereocenters. The number of nitrogens with zero attached hydrogens (tertiary/aromatic N) is 2. The van der Waals surface area contributed by atoms with Crippen molar-refractivity contribution in [2.75, 3.05) is 0 Å². The van der Waals surface area contributed by atoms with E-state index >= 15 is 0 Å². The third-order valence-corrected chi connectivity index (χ3v) is 9.43. The van der Waals surface area contributed by atoms with Crippen molar-refractivity contribution >= 4 is 57.8 Å². The van der Waals surface area contributed by atoms with Crippen molar-refractivity contribution < 1.29 is 0 Å². The number of hydrogen-bond acceptors (Lipinski definition) is 6. The molecule has 4 heterocycles. The Labute approximate surface area is 193 Å². The Bertz CT molecular complexity index is 1030. The molecule has 0 spiro atoms. The summed E-state index contributed by atoms with van der Waals surface area (Å²) in [5.41, 5.74) is 0. The molecule has 2 nitrogen and oxygen atoms in total. The van der Waals surface area contributed by atoms with E-state index in [0.717, 1.165) is 12.8 Å². The Balaban J connectivity index is 1.26. The zero-order valence-corrected chi connectivity index (χ0v) is 19.7. The highest BCUT2D eigenvalue weighted by molar-refractivity contribution is 7.22. The molecule has 0 aromatic carbocycles. The van der Waals surface area contributed by atoms with Gasteiger partial charge in [-0.2, -0.15) is 0 Å². The van der Waals surface area contributed by atoms with Gasteiger partial charge in [0.05, 0.1) is 12.1 Å². The lowest BCUT2D eigenvalue weighted by atomic mass is 9.91. The summed E-state index contributed by atoms with van der Waals surface area (Å²) >= 11 is 7.21. The minimum Gasteiger partial charge on any atom is -0.286 e. The van der Waals surface area contributed by atoms with Gasteiger partial charge in [-0.25, -0.2) is 0 Å². The third kappa shape index (κ3) is 4.72. The molecule has 4 aromatic rings. The molecule has 4 aromatic heterocycles. The van der Waals surface area contributed by atoms with Crippen LogP contribution in [-0.4, -0.2) is 24.5 Å². The molecule has 0 N–H and O–H groups in total.